The third kappa shape index (κ3) is 2.17. The molecule has 1 atom stereocenters. The zero-order chi connectivity index (χ0) is 15.3. The normalized spacial score (nSPS) is 19.5. The molecule has 0 bridgehead atoms. The number of rotatable bonds is 3. The molecule has 1 fully saturated rings. The lowest BCUT2D eigenvalue weighted by Crippen LogP contribution is -2.24. The molecule has 116 valence electrons. The number of thiazole rings is 1. The van der Waals surface area contributed by atoms with E-state index in [1.54, 1.807) is 11.3 Å². The second-order valence-electron chi connectivity index (χ2n) is 5.77. The SMILES string of the molecule is Cc1noc(C)c1[C@H]1CCCN1Cc1c(Cl)nc2sccn12. The fourth-order valence-corrected chi connectivity index (χ4v) is 4.46. The highest BCUT2D eigenvalue weighted by atomic mass is 35.5. The summed E-state index contributed by atoms with van der Waals surface area (Å²) in [6, 6.07) is 0.353. The summed E-state index contributed by atoms with van der Waals surface area (Å²) in [5, 5.41) is 6.76. The number of aromatic nitrogens is 3. The first-order chi connectivity index (χ1) is 10.6. The maximum absolute atomic E-state index is 6.34. The van der Waals surface area contributed by atoms with E-state index >= 15 is 0 Å². The monoisotopic (exact) mass is 336 g/mol. The minimum absolute atomic E-state index is 0.353. The second-order valence-corrected chi connectivity index (χ2v) is 7.00. The maximum atomic E-state index is 6.34. The molecule has 0 aliphatic carbocycles. The highest BCUT2D eigenvalue weighted by Gasteiger charge is 2.31. The van der Waals surface area contributed by atoms with Crippen LogP contribution < -0.4 is 0 Å². The highest BCUT2D eigenvalue weighted by molar-refractivity contribution is 7.15. The first kappa shape index (κ1) is 14.2. The topological polar surface area (TPSA) is 46.6 Å². The Hall–Kier alpha value is -1.37. The van der Waals surface area contributed by atoms with Crippen LogP contribution in [0, 0.1) is 13.8 Å². The van der Waals surface area contributed by atoms with E-state index in [0.29, 0.717) is 11.2 Å². The fraction of sp³-hybridized carbons (Fsp3) is 0.467. The van der Waals surface area contributed by atoms with Crippen molar-refractivity contribution in [3.8, 4) is 0 Å². The molecule has 7 heteroatoms. The van der Waals surface area contributed by atoms with Crippen LogP contribution in [-0.4, -0.2) is 26.0 Å². The standard InChI is InChI=1S/C15H17ClN4OS/c1-9-13(10(2)21-18-9)11-4-3-5-19(11)8-12-14(16)17-15-20(12)6-7-22-15/h6-7,11H,3-5,8H2,1-2H3/t11-/m1/s1. The Labute approximate surface area is 137 Å². The Balaban J connectivity index is 1.67. The van der Waals surface area contributed by atoms with Gasteiger partial charge in [0, 0.05) is 29.7 Å². The van der Waals surface area contributed by atoms with E-state index in [1.165, 1.54) is 12.0 Å². The molecule has 4 heterocycles. The third-order valence-corrected chi connectivity index (χ3v) is 5.51. The Morgan fingerprint density at radius 2 is 2.32 bits per heavy atom. The third-order valence-electron chi connectivity index (χ3n) is 4.45. The number of imidazole rings is 1. The van der Waals surface area contributed by atoms with Crippen molar-refractivity contribution in [1.29, 1.82) is 0 Å². The van der Waals surface area contributed by atoms with Crippen LogP contribution in [0.25, 0.3) is 4.96 Å². The van der Waals surface area contributed by atoms with Gasteiger partial charge >= 0.3 is 0 Å². The van der Waals surface area contributed by atoms with Crippen molar-refractivity contribution in [2.75, 3.05) is 6.54 Å². The molecule has 0 spiro atoms. The summed E-state index contributed by atoms with van der Waals surface area (Å²) in [6.07, 6.45) is 4.35. The molecule has 0 unspecified atom stereocenters. The van der Waals surface area contributed by atoms with Crippen molar-refractivity contribution < 1.29 is 4.52 Å². The predicted octanol–water partition coefficient (Wildman–Crippen LogP) is 3.99. The van der Waals surface area contributed by atoms with Gasteiger partial charge in [0.1, 0.15) is 5.76 Å². The van der Waals surface area contributed by atoms with Crippen molar-refractivity contribution in [3.63, 3.8) is 0 Å². The fourth-order valence-electron chi connectivity index (χ4n) is 3.45. The zero-order valence-electron chi connectivity index (χ0n) is 12.5. The Morgan fingerprint density at radius 3 is 3.09 bits per heavy atom. The molecule has 22 heavy (non-hydrogen) atoms. The number of likely N-dealkylation sites (tertiary alicyclic amines) is 1. The molecular weight excluding hydrogens is 320 g/mol. The van der Waals surface area contributed by atoms with Gasteiger partial charge in [0.25, 0.3) is 0 Å². The van der Waals surface area contributed by atoms with Gasteiger partial charge in [-0.05, 0) is 33.2 Å². The van der Waals surface area contributed by atoms with Gasteiger partial charge in [-0.1, -0.05) is 16.8 Å². The molecule has 4 rings (SSSR count). The van der Waals surface area contributed by atoms with Gasteiger partial charge in [0.05, 0.1) is 11.4 Å². The van der Waals surface area contributed by atoms with Crippen LogP contribution in [-0.2, 0) is 6.54 Å². The average molecular weight is 337 g/mol. The van der Waals surface area contributed by atoms with Crippen LogP contribution in [0.3, 0.4) is 0 Å². The summed E-state index contributed by atoms with van der Waals surface area (Å²) in [7, 11) is 0. The quantitative estimate of drug-likeness (QED) is 0.725. The Kier molecular flexibility index (Phi) is 3.47. The summed E-state index contributed by atoms with van der Waals surface area (Å²) in [5.74, 6) is 0.925. The van der Waals surface area contributed by atoms with Crippen LogP contribution in [0.1, 0.15) is 41.6 Å². The molecule has 1 aliphatic heterocycles. The molecule has 0 radical (unpaired) electrons. The Bertz CT molecular complexity index is 801. The molecule has 0 amide bonds. The number of halogens is 1. The van der Waals surface area contributed by atoms with E-state index in [1.807, 2.05) is 25.4 Å². The smallest absolute Gasteiger partial charge is 0.195 e. The summed E-state index contributed by atoms with van der Waals surface area (Å²) < 4.78 is 7.45. The highest BCUT2D eigenvalue weighted by Crippen LogP contribution is 2.37. The molecule has 0 saturated carbocycles. The molecule has 1 saturated heterocycles. The number of hydrogen-bond donors (Lipinski definition) is 0. The van der Waals surface area contributed by atoms with Crippen molar-refractivity contribution in [1.82, 2.24) is 19.4 Å². The van der Waals surface area contributed by atoms with E-state index < -0.39 is 0 Å². The molecule has 3 aromatic heterocycles. The van der Waals surface area contributed by atoms with Gasteiger partial charge in [-0.3, -0.25) is 9.30 Å². The van der Waals surface area contributed by atoms with Crippen molar-refractivity contribution in [2.24, 2.45) is 0 Å². The Morgan fingerprint density at radius 1 is 1.45 bits per heavy atom. The number of fused-ring (bicyclic) bond motifs is 1. The first-order valence-electron chi connectivity index (χ1n) is 7.42. The maximum Gasteiger partial charge on any atom is 0.195 e. The lowest BCUT2D eigenvalue weighted by Gasteiger charge is -2.24. The van der Waals surface area contributed by atoms with Crippen LogP contribution in [0.2, 0.25) is 5.15 Å². The van der Waals surface area contributed by atoms with Crippen LogP contribution in [0.15, 0.2) is 16.1 Å². The van der Waals surface area contributed by atoms with Gasteiger partial charge in [-0.2, -0.15) is 0 Å². The molecular formula is C15H17ClN4OS. The molecule has 0 N–H and O–H groups in total. The van der Waals surface area contributed by atoms with Gasteiger partial charge in [-0.25, -0.2) is 4.98 Å². The lowest BCUT2D eigenvalue weighted by molar-refractivity contribution is 0.242. The van der Waals surface area contributed by atoms with Crippen molar-refractivity contribution >= 4 is 27.9 Å². The molecule has 5 nitrogen and oxygen atoms in total. The molecule has 3 aromatic rings. The number of aryl methyl sites for hydroxylation is 2. The number of hydrogen-bond acceptors (Lipinski definition) is 5. The van der Waals surface area contributed by atoms with Gasteiger partial charge < -0.3 is 4.52 Å². The predicted molar refractivity (Wildman–Crippen MR) is 86.4 cm³/mol. The van der Waals surface area contributed by atoms with Crippen molar-refractivity contribution in [2.45, 2.75) is 39.3 Å². The van der Waals surface area contributed by atoms with Gasteiger partial charge in [-0.15, -0.1) is 11.3 Å². The van der Waals surface area contributed by atoms with E-state index in [2.05, 4.69) is 19.4 Å². The molecule has 1 aliphatic rings. The van der Waals surface area contributed by atoms with Crippen LogP contribution >= 0.6 is 22.9 Å². The summed E-state index contributed by atoms with van der Waals surface area (Å²) in [6.45, 7) is 5.87. The van der Waals surface area contributed by atoms with Crippen LogP contribution in [0.4, 0.5) is 0 Å². The van der Waals surface area contributed by atoms with E-state index in [4.69, 9.17) is 16.1 Å². The van der Waals surface area contributed by atoms with Crippen LogP contribution in [0.5, 0.6) is 0 Å². The van der Waals surface area contributed by atoms with Gasteiger partial charge in [0.2, 0.25) is 0 Å². The van der Waals surface area contributed by atoms with Gasteiger partial charge in [0.15, 0.2) is 10.1 Å². The minimum atomic E-state index is 0.353. The summed E-state index contributed by atoms with van der Waals surface area (Å²) >= 11 is 7.95. The lowest BCUT2D eigenvalue weighted by atomic mass is 10.0. The number of nitrogens with zero attached hydrogens (tertiary/aromatic N) is 4. The minimum Gasteiger partial charge on any atom is -0.361 e. The first-order valence-corrected chi connectivity index (χ1v) is 8.67. The zero-order valence-corrected chi connectivity index (χ0v) is 14.1. The van der Waals surface area contributed by atoms with E-state index in [9.17, 15) is 0 Å². The summed E-state index contributed by atoms with van der Waals surface area (Å²) in [4.78, 5) is 7.84. The van der Waals surface area contributed by atoms with Crippen molar-refractivity contribution in [3.05, 3.63) is 39.4 Å². The summed E-state index contributed by atoms with van der Waals surface area (Å²) in [5.41, 5.74) is 3.30. The largest absolute Gasteiger partial charge is 0.361 e. The van der Waals surface area contributed by atoms with E-state index in [0.717, 1.165) is 41.6 Å². The second kappa shape index (κ2) is 5.37. The average Bonchev–Trinajstić information content (AvgIpc) is 3.21. The molecule has 0 aromatic carbocycles. The van der Waals surface area contributed by atoms with E-state index in [-0.39, 0.29) is 0 Å².